The van der Waals surface area contributed by atoms with E-state index in [0.717, 1.165) is 29.2 Å². The van der Waals surface area contributed by atoms with E-state index in [4.69, 9.17) is 0 Å². The van der Waals surface area contributed by atoms with Crippen molar-refractivity contribution in [2.24, 2.45) is 0 Å². The molecule has 0 unspecified atom stereocenters. The molecule has 1 aromatic carbocycles. The summed E-state index contributed by atoms with van der Waals surface area (Å²) in [6.07, 6.45) is 2.03. The summed E-state index contributed by atoms with van der Waals surface area (Å²) in [5, 5.41) is 12.1. The molecule has 0 radical (unpaired) electrons. The zero-order valence-corrected chi connectivity index (χ0v) is 18.3. The zero-order chi connectivity index (χ0) is 21.3. The highest BCUT2D eigenvalue weighted by Gasteiger charge is 2.30. The van der Waals surface area contributed by atoms with Crippen molar-refractivity contribution in [3.8, 4) is 10.7 Å². The van der Waals surface area contributed by atoms with Crippen molar-refractivity contribution < 1.29 is 4.79 Å². The van der Waals surface area contributed by atoms with Gasteiger partial charge in [0, 0.05) is 18.3 Å². The number of benzene rings is 1. The number of aromatic nitrogens is 3. The lowest BCUT2D eigenvalue weighted by Crippen LogP contribution is -2.34. The van der Waals surface area contributed by atoms with Crippen LogP contribution in [0.5, 0.6) is 0 Å². The van der Waals surface area contributed by atoms with Gasteiger partial charge in [0.05, 0.1) is 11.4 Å². The number of nitrogens with zero attached hydrogens (tertiary/aromatic N) is 3. The summed E-state index contributed by atoms with van der Waals surface area (Å²) in [7, 11) is 0. The van der Waals surface area contributed by atoms with E-state index in [1.807, 2.05) is 41.8 Å². The van der Waals surface area contributed by atoms with E-state index in [0.29, 0.717) is 13.1 Å². The molecular weight excluding hydrogens is 398 g/mol. The molecule has 0 atom stereocenters. The Labute approximate surface area is 179 Å². The molecule has 1 fully saturated rings. The molecular formula is C22H27N5O2S. The lowest BCUT2D eigenvalue weighted by Gasteiger charge is -2.19. The van der Waals surface area contributed by atoms with E-state index in [9.17, 15) is 9.59 Å². The predicted molar refractivity (Wildman–Crippen MR) is 120 cm³/mol. The fourth-order valence-corrected chi connectivity index (χ4v) is 4.01. The van der Waals surface area contributed by atoms with Gasteiger partial charge in [0.2, 0.25) is 0 Å². The normalized spacial score (nSPS) is 14.0. The molecule has 8 heteroatoms. The second-order valence-electron chi connectivity index (χ2n) is 8.62. The molecule has 2 aromatic heterocycles. The molecule has 2 N–H and O–H groups in total. The van der Waals surface area contributed by atoms with Crippen LogP contribution in [0, 0.1) is 0 Å². The minimum atomic E-state index is -0.299. The van der Waals surface area contributed by atoms with Crippen LogP contribution in [0.1, 0.15) is 45.2 Å². The summed E-state index contributed by atoms with van der Waals surface area (Å²) in [5.74, 6) is 0.723. The van der Waals surface area contributed by atoms with Crippen LogP contribution in [0.3, 0.4) is 0 Å². The van der Waals surface area contributed by atoms with Crippen molar-refractivity contribution in [3.05, 3.63) is 57.8 Å². The Morgan fingerprint density at radius 2 is 1.93 bits per heavy atom. The van der Waals surface area contributed by atoms with Gasteiger partial charge in [-0.3, -0.25) is 4.57 Å². The number of nitrogens with one attached hydrogen (secondary N) is 2. The average molecular weight is 426 g/mol. The Morgan fingerprint density at radius 1 is 1.20 bits per heavy atom. The number of hydrogen-bond acceptors (Lipinski definition) is 4. The molecule has 0 spiro atoms. The highest BCUT2D eigenvalue weighted by atomic mass is 32.1. The molecule has 1 aliphatic carbocycles. The molecule has 0 saturated heterocycles. The van der Waals surface area contributed by atoms with Gasteiger partial charge in [0.15, 0.2) is 5.82 Å². The highest BCUT2D eigenvalue weighted by Crippen LogP contribution is 2.37. The van der Waals surface area contributed by atoms with Crippen LogP contribution in [-0.2, 0) is 12.0 Å². The Kier molecular flexibility index (Phi) is 5.51. The molecule has 3 aromatic rings. The number of rotatable bonds is 6. The number of carbonyl (C=O) groups excluding carboxylic acids is 1. The van der Waals surface area contributed by atoms with E-state index in [1.54, 1.807) is 15.9 Å². The fraction of sp³-hybridized carbons (Fsp3) is 0.409. The monoisotopic (exact) mass is 425 g/mol. The fourth-order valence-electron chi connectivity index (χ4n) is 3.31. The molecule has 4 rings (SSSR count). The summed E-state index contributed by atoms with van der Waals surface area (Å²) in [6.45, 7) is 7.10. The van der Waals surface area contributed by atoms with Crippen LogP contribution in [-0.4, -0.2) is 26.9 Å². The van der Waals surface area contributed by atoms with E-state index >= 15 is 0 Å². The first-order chi connectivity index (χ1) is 14.3. The molecule has 2 heterocycles. The van der Waals surface area contributed by atoms with Gasteiger partial charge >= 0.3 is 11.7 Å². The summed E-state index contributed by atoms with van der Waals surface area (Å²) >= 11 is 1.57. The Hall–Kier alpha value is -2.87. The van der Waals surface area contributed by atoms with Gasteiger partial charge in [0.1, 0.15) is 0 Å². The van der Waals surface area contributed by atoms with E-state index in [-0.39, 0.29) is 23.2 Å². The third-order valence-electron chi connectivity index (χ3n) is 5.14. The van der Waals surface area contributed by atoms with Gasteiger partial charge < -0.3 is 10.6 Å². The summed E-state index contributed by atoms with van der Waals surface area (Å²) in [6, 6.07) is 11.7. The van der Waals surface area contributed by atoms with Gasteiger partial charge in [0.25, 0.3) is 0 Å². The molecule has 1 aliphatic rings. The summed E-state index contributed by atoms with van der Waals surface area (Å²) < 4.78 is 3.24. The number of hydrogen-bond donors (Lipinski definition) is 2. The quantitative estimate of drug-likeness (QED) is 0.620. The van der Waals surface area contributed by atoms with Gasteiger partial charge in [-0.15, -0.1) is 16.4 Å². The first-order valence-corrected chi connectivity index (χ1v) is 11.1. The van der Waals surface area contributed by atoms with Crippen molar-refractivity contribution in [1.29, 1.82) is 0 Å². The standard InChI is InChI=1S/C22H27N5O2S/c1-22(2,3)15-6-8-16(9-7-15)24-20(28)23-12-13-26-21(29)27(17-10-11-17)19(25-26)18-5-4-14-30-18/h4-9,14,17H,10-13H2,1-3H3,(H2,23,24,28). The SMILES string of the molecule is CC(C)(C)c1ccc(NC(=O)NCCn2nc(-c3cccs3)n(C3CC3)c2=O)cc1. The third-order valence-corrected chi connectivity index (χ3v) is 6.01. The van der Waals surface area contributed by atoms with Crippen LogP contribution in [0.4, 0.5) is 10.5 Å². The molecule has 158 valence electrons. The minimum absolute atomic E-state index is 0.0693. The lowest BCUT2D eigenvalue weighted by molar-refractivity contribution is 0.251. The van der Waals surface area contributed by atoms with Crippen molar-refractivity contribution in [2.75, 3.05) is 11.9 Å². The predicted octanol–water partition coefficient (Wildman–Crippen LogP) is 4.23. The topological polar surface area (TPSA) is 81.0 Å². The van der Waals surface area contributed by atoms with Crippen LogP contribution >= 0.6 is 11.3 Å². The number of amides is 2. The van der Waals surface area contributed by atoms with Crippen molar-refractivity contribution in [2.45, 2.75) is 51.6 Å². The van der Waals surface area contributed by atoms with Crippen LogP contribution in [0.2, 0.25) is 0 Å². The zero-order valence-electron chi connectivity index (χ0n) is 17.5. The molecule has 1 saturated carbocycles. The van der Waals surface area contributed by atoms with Crippen LogP contribution in [0.15, 0.2) is 46.6 Å². The minimum Gasteiger partial charge on any atom is -0.336 e. The van der Waals surface area contributed by atoms with Gasteiger partial charge in [-0.1, -0.05) is 39.0 Å². The Morgan fingerprint density at radius 3 is 2.53 bits per heavy atom. The maximum Gasteiger partial charge on any atom is 0.346 e. The van der Waals surface area contributed by atoms with Crippen LogP contribution < -0.4 is 16.3 Å². The second kappa shape index (κ2) is 8.10. The first kappa shape index (κ1) is 20.4. The summed E-state index contributed by atoms with van der Waals surface area (Å²) in [4.78, 5) is 26.0. The van der Waals surface area contributed by atoms with Crippen molar-refractivity contribution in [3.63, 3.8) is 0 Å². The Bertz CT molecular complexity index is 1070. The van der Waals surface area contributed by atoms with E-state index < -0.39 is 0 Å². The molecule has 7 nitrogen and oxygen atoms in total. The number of urea groups is 1. The largest absolute Gasteiger partial charge is 0.346 e. The Balaban J connectivity index is 1.36. The van der Waals surface area contributed by atoms with E-state index in [1.165, 1.54) is 10.2 Å². The molecule has 0 aliphatic heterocycles. The second-order valence-corrected chi connectivity index (χ2v) is 9.56. The van der Waals surface area contributed by atoms with Gasteiger partial charge in [-0.2, -0.15) is 0 Å². The van der Waals surface area contributed by atoms with Crippen molar-refractivity contribution in [1.82, 2.24) is 19.7 Å². The highest BCUT2D eigenvalue weighted by molar-refractivity contribution is 7.13. The maximum absolute atomic E-state index is 12.8. The maximum atomic E-state index is 12.8. The molecule has 30 heavy (non-hydrogen) atoms. The number of thiophene rings is 1. The molecule has 2 amide bonds. The van der Waals surface area contributed by atoms with Gasteiger partial charge in [-0.25, -0.2) is 14.3 Å². The third kappa shape index (κ3) is 4.48. The van der Waals surface area contributed by atoms with E-state index in [2.05, 4.69) is 36.5 Å². The number of carbonyl (C=O) groups is 1. The molecule has 0 bridgehead atoms. The van der Waals surface area contributed by atoms with Crippen molar-refractivity contribution >= 4 is 23.1 Å². The average Bonchev–Trinajstić information content (AvgIpc) is 3.26. The first-order valence-electron chi connectivity index (χ1n) is 10.2. The number of anilines is 1. The van der Waals surface area contributed by atoms with Crippen LogP contribution in [0.25, 0.3) is 10.7 Å². The van der Waals surface area contributed by atoms with Gasteiger partial charge in [-0.05, 0) is 47.4 Å². The summed E-state index contributed by atoms with van der Waals surface area (Å²) in [5.41, 5.74) is 1.90. The lowest BCUT2D eigenvalue weighted by atomic mass is 9.87. The smallest absolute Gasteiger partial charge is 0.336 e.